The van der Waals surface area contributed by atoms with E-state index in [4.69, 9.17) is 5.11 Å². The Labute approximate surface area is 122 Å². The molecule has 0 atom stereocenters. The Balaban J connectivity index is 1.75. The Bertz CT molecular complexity index is 520. The number of amides is 1. The van der Waals surface area contributed by atoms with Crippen LogP contribution in [-0.4, -0.2) is 22.5 Å². The highest BCUT2D eigenvalue weighted by molar-refractivity contribution is 7.14. The largest absolute Gasteiger partial charge is 0.480 e. The van der Waals surface area contributed by atoms with Gasteiger partial charge in [-0.1, -0.05) is 12.8 Å². The predicted octanol–water partition coefficient (Wildman–Crippen LogP) is 2.75. The topological polar surface area (TPSA) is 66.4 Å². The van der Waals surface area contributed by atoms with Gasteiger partial charge in [0.15, 0.2) is 0 Å². The third kappa shape index (κ3) is 2.59. The number of fused-ring (bicyclic) bond motifs is 1. The molecular formula is C15H19NO3S. The van der Waals surface area contributed by atoms with Crippen molar-refractivity contribution in [1.29, 1.82) is 0 Å². The molecule has 1 fully saturated rings. The first-order chi connectivity index (χ1) is 9.61. The van der Waals surface area contributed by atoms with Crippen molar-refractivity contribution in [3.63, 3.8) is 0 Å². The molecule has 0 bridgehead atoms. The van der Waals surface area contributed by atoms with Crippen molar-refractivity contribution in [2.24, 2.45) is 0 Å². The van der Waals surface area contributed by atoms with Gasteiger partial charge in [-0.15, -0.1) is 11.3 Å². The van der Waals surface area contributed by atoms with E-state index in [-0.39, 0.29) is 5.91 Å². The molecule has 0 unspecified atom stereocenters. The summed E-state index contributed by atoms with van der Waals surface area (Å²) in [5.74, 6) is -1.14. The van der Waals surface area contributed by atoms with Crippen molar-refractivity contribution >= 4 is 23.2 Å². The number of carbonyl (C=O) groups excluding carboxylic acids is 1. The summed E-state index contributed by atoms with van der Waals surface area (Å²) in [6, 6.07) is 1.97. The molecule has 0 aromatic carbocycles. The zero-order valence-electron chi connectivity index (χ0n) is 11.4. The van der Waals surface area contributed by atoms with Crippen LogP contribution in [0.5, 0.6) is 0 Å². The predicted molar refractivity (Wildman–Crippen MR) is 77.3 cm³/mol. The number of hydrogen-bond donors (Lipinski definition) is 2. The molecule has 1 aromatic rings. The molecule has 1 heterocycles. The first kappa shape index (κ1) is 13.6. The summed E-state index contributed by atoms with van der Waals surface area (Å²) in [5.41, 5.74) is 0.301. The molecular weight excluding hydrogens is 274 g/mol. The molecule has 3 rings (SSSR count). The van der Waals surface area contributed by atoms with Crippen LogP contribution < -0.4 is 5.32 Å². The van der Waals surface area contributed by atoms with Gasteiger partial charge in [0.2, 0.25) is 0 Å². The molecule has 1 saturated carbocycles. The van der Waals surface area contributed by atoms with E-state index in [2.05, 4.69) is 5.32 Å². The second kappa shape index (κ2) is 5.20. The summed E-state index contributed by atoms with van der Waals surface area (Å²) in [6.45, 7) is 0. The van der Waals surface area contributed by atoms with E-state index in [9.17, 15) is 9.59 Å². The van der Waals surface area contributed by atoms with E-state index >= 15 is 0 Å². The number of hydrogen-bond acceptors (Lipinski definition) is 3. The lowest BCUT2D eigenvalue weighted by molar-refractivity contribution is -0.140. The van der Waals surface area contributed by atoms with E-state index in [1.54, 1.807) is 11.3 Å². The molecule has 108 valence electrons. The van der Waals surface area contributed by atoms with Crippen molar-refractivity contribution in [3.8, 4) is 0 Å². The number of thiophene rings is 1. The van der Waals surface area contributed by atoms with Crippen molar-refractivity contribution in [3.05, 3.63) is 21.4 Å². The molecule has 0 saturated heterocycles. The maximum atomic E-state index is 12.2. The average Bonchev–Trinajstić information content (AvgIpc) is 3.06. The molecule has 2 aliphatic carbocycles. The van der Waals surface area contributed by atoms with E-state index < -0.39 is 11.5 Å². The van der Waals surface area contributed by atoms with Crippen molar-refractivity contribution in [1.82, 2.24) is 5.32 Å². The van der Waals surface area contributed by atoms with Crippen LogP contribution in [0.4, 0.5) is 0 Å². The van der Waals surface area contributed by atoms with Crippen LogP contribution in [0.25, 0.3) is 0 Å². The van der Waals surface area contributed by atoms with Gasteiger partial charge in [-0.2, -0.15) is 0 Å². The zero-order valence-corrected chi connectivity index (χ0v) is 12.2. The van der Waals surface area contributed by atoms with Crippen LogP contribution in [0, 0.1) is 0 Å². The minimum atomic E-state index is -0.991. The van der Waals surface area contributed by atoms with Crippen LogP contribution in [-0.2, 0) is 17.6 Å². The lowest BCUT2D eigenvalue weighted by Gasteiger charge is -2.10. The summed E-state index contributed by atoms with van der Waals surface area (Å²) in [6.07, 6.45) is 8.08. The van der Waals surface area contributed by atoms with Gasteiger partial charge in [-0.05, 0) is 50.2 Å². The van der Waals surface area contributed by atoms with E-state index in [0.29, 0.717) is 17.7 Å². The molecule has 0 radical (unpaired) electrons. The third-order valence-corrected chi connectivity index (χ3v) is 5.47. The molecule has 4 nitrogen and oxygen atoms in total. The highest BCUT2D eigenvalue weighted by atomic mass is 32.1. The van der Waals surface area contributed by atoms with Crippen LogP contribution >= 0.6 is 11.3 Å². The van der Waals surface area contributed by atoms with Gasteiger partial charge < -0.3 is 10.4 Å². The lowest BCUT2D eigenvalue weighted by atomic mass is 10.00. The Morgan fingerprint density at radius 3 is 2.50 bits per heavy atom. The van der Waals surface area contributed by atoms with Gasteiger partial charge in [0.1, 0.15) is 5.54 Å². The minimum absolute atomic E-state index is 0.221. The van der Waals surface area contributed by atoms with Gasteiger partial charge in [0, 0.05) is 4.88 Å². The first-order valence-corrected chi connectivity index (χ1v) is 8.10. The third-order valence-electron chi connectivity index (χ3n) is 4.23. The Kier molecular flexibility index (Phi) is 3.54. The maximum absolute atomic E-state index is 12.2. The molecule has 2 N–H and O–H groups in total. The summed E-state index contributed by atoms with van der Waals surface area (Å²) < 4.78 is 0. The van der Waals surface area contributed by atoms with Gasteiger partial charge in [0.05, 0.1) is 4.88 Å². The van der Waals surface area contributed by atoms with Gasteiger partial charge in [0.25, 0.3) is 5.91 Å². The van der Waals surface area contributed by atoms with Gasteiger partial charge >= 0.3 is 5.97 Å². The molecule has 0 aliphatic heterocycles. The fourth-order valence-corrected chi connectivity index (χ4v) is 3.90. The number of carboxylic acids is 1. The fraction of sp³-hybridized carbons (Fsp3) is 0.600. The number of aliphatic carboxylic acids is 1. The molecule has 0 spiro atoms. The van der Waals surface area contributed by atoms with Gasteiger partial charge in [-0.25, -0.2) is 4.79 Å². The van der Waals surface area contributed by atoms with Crippen molar-refractivity contribution in [2.45, 2.75) is 56.9 Å². The standard InChI is InChI=1S/C15H19NO3S/c17-13(16-15(7-8-15)14(18)19)12-9-10-5-3-1-2-4-6-11(10)20-12/h9H,1-8H2,(H,16,17)(H,18,19). The second-order valence-corrected chi connectivity index (χ2v) is 6.95. The smallest absolute Gasteiger partial charge is 0.329 e. The Morgan fingerprint density at radius 1 is 1.15 bits per heavy atom. The summed E-state index contributed by atoms with van der Waals surface area (Å²) in [4.78, 5) is 25.3. The minimum Gasteiger partial charge on any atom is -0.480 e. The number of nitrogens with one attached hydrogen (secondary N) is 1. The zero-order chi connectivity index (χ0) is 14.2. The average molecular weight is 293 g/mol. The van der Waals surface area contributed by atoms with Gasteiger partial charge in [-0.3, -0.25) is 4.79 Å². The monoisotopic (exact) mass is 293 g/mol. The normalized spacial score (nSPS) is 20.4. The quantitative estimate of drug-likeness (QED) is 0.900. The number of aryl methyl sites for hydroxylation is 2. The second-order valence-electron chi connectivity index (χ2n) is 5.81. The van der Waals surface area contributed by atoms with E-state index in [1.165, 1.54) is 36.1 Å². The number of carbonyl (C=O) groups is 2. The first-order valence-electron chi connectivity index (χ1n) is 7.28. The van der Waals surface area contributed by atoms with Crippen molar-refractivity contribution in [2.75, 3.05) is 0 Å². The Morgan fingerprint density at radius 2 is 1.85 bits per heavy atom. The molecule has 5 heteroatoms. The summed E-state index contributed by atoms with van der Waals surface area (Å²) in [5, 5.41) is 11.8. The SMILES string of the molecule is O=C(NC1(C(=O)O)CC1)c1cc2c(s1)CCCCCC2. The highest BCUT2D eigenvalue weighted by Crippen LogP contribution is 2.36. The number of carboxylic acid groups (broad SMARTS) is 1. The molecule has 1 aromatic heterocycles. The molecule has 1 amide bonds. The molecule has 2 aliphatic rings. The van der Waals surface area contributed by atoms with Crippen molar-refractivity contribution < 1.29 is 14.7 Å². The van der Waals surface area contributed by atoms with Crippen LogP contribution in [0.15, 0.2) is 6.07 Å². The Hall–Kier alpha value is -1.36. The lowest BCUT2D eigenvalue weighted by Crippen LogP contribution is -2.42. The summed E-state index contributed by atoms with van der Waals surface area (Å²) >= 11 is 1.54. The molecule has 20 heavy (non-hydrogen) atoms. The summed E-state index contributed by atoms with van der Waals surface area (Å²) in [7, 11) is 0. The van der Waals surface area contributed by atoms with Crippen LogP contribution in [0.2, 0.25) is 0 Å². The van der Waals surface area contributed by atoms with Crippen LogP contribution in [0.1, 0.15) is 58.6 Å². The highest BCUT2D eigenvalue weighted by Gasteiger charge is 2.51. The fourth-order valence-electron chi connectivity index (χ4n) is 2.75. The maximum Gasteiger partial charge on any atom is 0.329 e. The van der Waals surface area contributed by atoms with Crippen LogP contribution in [0.3, 0.4) is 0 Å². The van der Waals surface area contributed by atoms with E-state index in [0.717, 1.165) is 12.8 Å². The number of rotatable bonds is 3. The van der Waals surface area contributed by atoms with E-state index in [1.807, 2.05) is 6.07 Å².